The lowest BCUT2D eigenvalue weighted by Crippen LogP contribution is -2.41. The van der Waals surface area contributed by atoms with Crippen molar-refractivity contribution in [3.63, 3.8) is 0 Å². The Hall–Kier alpha value is -1.99. The second-order valence-corrected chi connectivity index (χ2v) is 9.31. The molecule has 6 nitrogen and oxygen atoms in total. The Kier molecular flexibility index (Phi) is 5.14. The number of ether oxygens (including phenoxy) is 1. The fourth-order valence-electron chi connectivity index (χ4n) is 3.83. The Morgan fingerprint density at radius 1 is 1.00 bits per heavy atom. The lowest BCUT2D eigenvalue weighted by atomic mass is 9.92. The zero-order valence-electron chi connectivity index (χ0n) is 15.6. The van der Waals surface area contributed by atoms with Crippen molar-refractivity contribution in [3.05, 3.63) is 47.2 Å². The number of fused-ring (bicyclic) bond motifs is 1. The van der Waals surface area contributed by atoms with Gasteiger partial charge in [-0.25, -0.2) is 8.42 Å². The van der Waals surface area contributed by atoms with Crippen LogP contribution in [0.2, 0.25) is 0 Å². The summed E-state index contributed by atoms with van der Waals surface area (Å²) in [5, 5.41) is 8.02. The van der Waals surface area contributed by atoms with Crippen LogP contribution in [0.1, 0.15) is 42.5 Å². The second-order valence-electron chi connectivity index (χ2n) is 7.37. The van der Waals surface area contributed by atoms with Crippen molar-refractivity contribution in [2.24, 2.45) is 0 Å². The topological polar surface area (TPSA) is 72.4 Å². The van der Waals surface area contributed by atoms with Gasteiger partial charge in [-0.05, 0) is 74.8 Å². The molecule has 27 heavy (non-hydrogen) atoms. The highest BCUT2D eigenvalue weighted by Crippen LogP contribution is 2.27. The number of piperidine rings is 1. The van der Waals surface area contributed by atoms with Crippen LogP contribution in [0.25, 0.3) is 0 Å². The molecule has 1 aliphatic heterocycles. The molecular formula is C20H25N3O3S. The van der Waals surface area contributed by atoms with Gasteiger partial charge < -0.3 is 4.74 Å². The molecule has 0 saturated carbocycles. The second kappa shape index (κ2) is 7.56. The van der Waals surface area contributed by atoms with Gasteiger partial charge in [0, 0.05) is 19.2 Å². The maximum atomic E-state index is 13.0. The molecule has 0 unspecified atom stereocenters. The maximum Gasteiger partial charge on any atom is 0.243 e. The molecule has 1 aromatic heterocycles. The summed E-state index contributed by atoms with van der Waals surface area (Å²) in [4.78, 5) is 0.423. The molecule has 1 aromatic carbocycles. The van der Waals surface area contributed by atoms with Crippen molar-refractivity contribution in [3.8, 4) is 5.88 Å². The van der Waals surface area contributed by atoms with E-state index in [1.54, 1.807) is 16.4 Å². The van der Waals surface area contributed by atoms with Gasteiger partial charge in [0.1, 0.15) is 6.10 Å². The lowest BCUT2D eigenvalue weighted by Gasteiger charge is -2.31. The Morgan fingerprint density at radius 2 is 1.74 bits per heavy atom. The Bertz CT molecular complexity index is 905. The van der Waals surface area contributed by atoms with Gasteiger partial charge in [0.15, 0.2) is 0 Å². The van der Waals surface area contributed by atoms with Crippen LogP contribution >= 0.6 is 0 Å². The van der Waals surface area contributed by atoms with Crippen LogP contribution in [0.4, 0.5) is 0 Å². The zero-order chi connectivity index (χ0) is 18.9. The minimum absolute atomic E-state index is 0.0306. The van der Waals surface area contributed by atoms with Crippen molar-refractivity contribution in [1.29, 1.82) is 0 Å². The summed E-state index contributed by atoms with van der Waals surface area (Å²) >= 11 is 0. The fraction of sp³-hybridized carbons (Fsp3) is 0.500. The van der Waals surface area contributed by atoms with Crippen LogP contribution in [0.15, 0.2) is 35.2 Å². The molecule has 0 atom stereocenters. The van der Waals surface area contributed by atoms with E-state index >= 15 is 0 Å². The molecule has 2 aliphatic rings. The largest absolute Gasteiger partial charge is 0.473 e. The number of benzene rings is 1. The van der Waals surface area contributed by atoms with Crippen LogP contribution in [0, 0.1) is 6.92 Å². The molecule has 1 fully saturated rings. The summed E-state index contributed by atoms with van der Waals surface area (Å²) in [7, 11) is -3.45. The van der Waals surface area contributed by atoms with Gasteiger partial charge in [0.25, 0.3) is 0 Å². The van der Waals surface area contributed by atoms with Crippen molar-refractivity contribution < 1.29 is 13.2 Å². The number of hydrogen-bond acceptors (Lipinski definition) is 5. The lowest BCUT2D eigenvalue weighted by molar-refractivity contribution is 0.128. The van der Waals surface area contributed by atoms with Gasteiger partial charge >= 0.3 is 0 Å². The van der Waals surface area contributed by atoms with E-state index in [0.29, 0.717) is 36.7 Å². The molecule has 0 spiro atoms. The molecular weight excluding hydrogens is 362 g/mol. The molecule has 0 radical (unpaired) electrons. The van der Waals surface area contributed by atoms with E-state index in [1.807, 2.05) is 25.1 Å². The number of aryl methyl sites for hydroxylation is 3. The number of sulfonamides is 1. The molecule has 1 saturated heterocycles. The van der Waals surface area contributed by atoms with Crippen molar-refractivity contribution in [1.82, 2.24) is 14.5 Å². The molecule has 144 valence electrons. The first-order valence-corrected chi connectivity index (χ1v) is 11.1. The number of aromatic nitrogens is 2. The highest BCUT2D eigenvalue weighted by atomic mass is 32.2. The average Bonchev–Trinajstić information content (AvgIpc) is 2.70. The number of hydrogen-bond donors (Lipinski definition) is 0. The summed E-state index contributed by atoms with van der Waals surface area (Å²) in [6.45, 7) is 2.80. The summed E-state index contributed by atoms with van der Waals surface area (Å²) in [5.74, 6) is 0.497. The van der Waals surface area contributed by atoms with Gasteiger partial charge in [-0.2, -0.15) is 9.40 Å². The molecule has 0 amide bonds. The quantitative estimate of drug-likeness (QED) is 0.807. The van der Waals surface area contributed by atoms with Crippen molar-refractivity contribution >= 4 is 10.0 Å². The monoisotopic (exact) mass is 387 g/mol. The summed E-state index contributed by atoms with van der Waals surface area (Å²) in [6.07, 6.45) is 5.64. The van der Waals surface area contributed by atoms with Crippen LogP contribution < -0.4 is 4.74 Å². The highest BCUT2D eigenvalue weighted by molar-refractivity contribution is 7.89. The van der Waals surface area contributed by atoms with Crippen molar-refractivity contribution in [2.75, 3.05) is 13.1 Å². The Labute approximate surface area is 160 Å². The SMILES string of the molecule is Cc1ccc(OC2CCN(S(=O)(=O)c3ccc4c(c3)CCCC4)CC2)nn1. The van der Waals surface area contributed by atoms with Crippen LogP contribution in [0.5, 0.6) is 5.88 Å². The van der Waals surface area contributed by atoms with E-state index in [-0.39, 0.29) is 6.10 Å². The molecule has 2 heterocycles. The highest BCUT2D eigenvalue weighted by Gasteiger charge is 2.31. The first-order chi connectivity index (χ1) is 13.0. The fourth-order valence-corrected chi connectivity index (χ4v) is 5.35. The van der Waals surface area contributed by atoms with Gasteiger partial charge in [-0.3, -0.25) is 0 Å². The van der Waals surface area contributed by atoms with Gasteiger partial charge in [0.2, 0.25) is 15.9 Å². The predicted octanol–water partition coefficient (Wildman–Crippen LogP) is 2.90. The molecule has 0 bridgehead atoms. The zero-order valence-corrected chi connectivity index (χ0v) is 16.4. The molecule has 0 N–H and O–H groups in total. The Morgan fingerprint density at radius 3 is 2.44 bits per heavy atom. The third-order valence-corrected chi connectivity index (χ3v) is 7.31. The van der Waals surface area contributed by atoms with Crippen LogP contribution in [-0.4, -0.2) is 42.1 Å². The van der Waals surface area contributed by atoms with E-state index < -0.39 is 10.0 Å². The molecule has 4 rings (SSSR count). The minimum atomic E-state index is -3.45. The van der Waals surface area contributed by atoms with E-state index in [4.69, 9.17) is 4.74 Å². The first-order valence-electron chi connectivity index (χ1n) is 9.61. The number of rotatable bonds is 4. The normalized spacial score (nSPS) is 18.9. The summed E-state index contributed by atoms with van der Waals surface area (Å²) in [6, 6.07) is 9.31. The van der Waals surface area contributed by atoms with E-state index in [2.05, 4.69) is 10.2 Å². The number of nitrogens with zero attached hydrogens (tertiary/aromatic N) is 3. The smallest absolute Gasteiger partial charge is 0.243 e. The molecule has 7 heteroatoms. The maximum absolute atomic E-state index is 13.0. The third kappa shape index (κ3) is 3.99. The molecule has 2 aromatic rings. The summed E-state index contributed by atoms with van der Waals surface area (Å²) < 4.78 is 33.5. The standard InChI is InChI=1S/C20H25N3O3S/c1-15-6-9-20(22-21-15)26-18-10-12-23(13-11-18)27(24,25)19-8-7-16-4-2-3-5-17(16)14-19/h6-9,14,18H,2-5,10-13H2,1H3. The van der Waals surface area contributed by atoms with E-state index in [9.17, 15) is 8.42 Å². The third-order valence-electron chi connectivity index (χ3n) is 5.42. The first kappa shape index (κ1) is 18.4. The Balaban J connectivity index is 1.41. The van der Waals surface area contributed by atoms with Crippen LogP contribution in [0.3, 0.4) is 0 Å². The predicted molar refractivity (Wildman–Crippen MR) is 102 cm³/mol. The minimum Gasteiger partial charge on any atom is -0.473 e. The van der Waals surface area contributed by atoms with Gasteiger partial charge in [0.05, 0.1) is 10.6 Å². The van der Waals surface area contributed by atoms with Gasteiger partial charge in [-0.1, -0.05) is 6.07 Å². The van der Waals surface area contributed by atoms with Crippen molar-refractivity contribution in [2.45, 2.75) is 56.4 Å². The van der Waals surface area contributed by atoms with Gasteiger partial charge in [-0.15, -0.1) is 5.10 Å². The molecule has 1 aliphatic carbocycles. The summed E-state index contributed by atoms with van der Waals surface area (Å²) in [5.41, 5.74) is 3.33. The van der Waals surface area contributed by atoms with E-state index in [1.165, 1.54) is 17.5 Å². The average molecular weight is 388 g/mol. The van der Waals surface area contributed by atoms with Crippen LogP contribution in [-0.2, 0) is 22.9 Å². The van der Waals surface area contributed by atoms with E-state index in [0.717, 1.165) is 25.0 Å².